The van der Waals surface area contributed by atoms with Crippen LogP contribution in [-0.2, 0) is 10.0 Å². The van der Waals surface area contributed by atoms with E-state index < -0.39 is 16.1 Å². The van der Waals surface area contributed by atoms with Gasteiger partial charge in [-0.05, 0) is 43.4 Å². The van der Waals surface area contributed by atoms with Crippen LogP contribution in [-0.4, -0.2) is 26.2 Å². The molecule has 0 aliphatic heterocycles. The normalized spacial score (nSPS) is 23.8. The highest BCUT2D eigenvalue weighted by molar-refractivity contribution is 9.10. The smallest absolute Gasteiger partial charge is 0.240 e. The molecule has 0 amide bonds. The number of nitrogens with one attached hydrogen (secondary N) is 1. The van der Waals surface area contributed by atoms with Gasteiger partial charge in [0.05, 0.1) is 11.0 Å². The van der Waals surface area contributed by atoms with E-state index in [2.05, 4.69) is 20.7 Å². The van der Waals surface area contributed by atoms with E-state index in [0.29, 0.717) is 12.1 Å². The summed E-state index contributed by atoms with van der Waals surface area (Å²) in [4.78, 5) is 0.289. The Bertz CT molecular complexity index is 574. The number of hydrogen-bond donors (Lipinski definition) is 2. The third-order valence-electron chi connectivity index (χ3n) is 3.84. The van der Waals surface area contributed by atoms with Gasteiger partial charge >= 0.3 is 0 Å². The summed E-state index contributed by atoms with van der Waals surface area (Å²) < 4.78 is 28.1. The minimum absolute atomic E-state index is 0.0194. The van der Waals surface area contributed by atoms with Gasteiger partial charge < -0.3 is 5.11 Å². The molecule has 2 unspecified atom stereocenters. The lowest BCUT2D eigenvalue weighted by atomic mass is 9.87. The van der Waals surface area contributed by atoms with Crippen LogP contribution in [0.4, 0.5) is 0 Å². The number of aliphatic hydroxyl groups excluding tert-OH is 1. The van der Waals surface area contributed by atoms with E-state index in [-0.39, 0.29) is 10.8 Å². The SMILES string of the molecule is Cc1ccc(Br)cc1S(=O)(=O)NCC1CCCCC1O. The average molecular weight is 362 g/mol. The zero-order valence-electron chi connectivity index (χ0n) is 11.5. The van der Waals surface area contributed by atoms with E-state index in [0.717, 1.165) is 30.2 Å². The predicted octanol–water partition coefficient (Wildman–Crippen LogP) is 2.59. The van der Waals surface area contributed by atoms with Crippen LogP contribution in [0.15, 0.2) is 27.6 Å². The van der Waals surface area contributed by atoms with Gasteiger partial charge in [-0.1, -0.05) is 34.8 Å². The molecule has 1 aliphatic rings. The summed E-state index contributed by atoms with van der Waals surface area (Å²) in [5.41, 5.74) is 0.713. The van der Waals surface area contributed by atoms with Crippen molar-refractivity contribution in [3.8, 4) is 0 Å². The number of rotatable bonds is 4. The maximum atomic E-state index is 12.3. The van der Waals surface area contributed by atoms with E-state index in [1.807, 2.05) is 6.07 Å². The predicted molar refractivity (Wildman–Crippen MR) is 82.0 cm³/mol. The van der Waals surface area contributed by atoms with Crippen molar-refractivity contribution >= 4 is 26.0 Å². The van der Waals surface area contributed by atoms with Crippen molar-refractivity contribution in [1.29, 1.82) is 0 Å². The van der Waals surface area contributed by atoms with Crippen molar-refractivity contribution < 1.29 is 13.5 Å². The zero-order chi connectivity index (χ0) is 14.8. The summed E-state index contributed by atoms with van der Waals surface area (Å²) in [7, 11) is -3.53. The highest BCUT2D eigenvalue weighted by Crippen LogP contribution is 2.25. The second kappa shape index (κ2) is 6.56. The molecule has 1 fully saturated rings. The van der Waals surface area contributed by atoms with Crippen LogP contribution in [0.25, 0.3) is 0 Å². The van der Waals surface area contributed by atoms with Gasteiger partial charge in [0.15, 0.2) is 0 Å². The van der Waals surface area contributed by atoms with Crippen molar-refractivity contribution in [2.75, 3.05) is 6.54 Å². The quantitative estimate of drug-likeness (QED) is 0.865. The summed E-state index contributed by atoms with van der Waals surface area (Å²) in [5.74, 6) is 0.0194. The van der Waals surface area contributed by atoms with Crippen LogP contribution in [0.2, 0.25) is 0 Å². The topological polar surface area (TPSA) is 66.4 Å². The van der Waals surface area contributed by atoms with Gasteiger partial charge in [-0.2, -0.15) is 0 Å². The molecular weight excluding hydrogens is 342 g/mol. The third kappa shape index (κ3) is 3.81. The summed E-state index contributed by atoms with van der Waals surface area (Å²) in [6.45, 7) is 2.08. The second-order valence-corrected chi connectivity index (χ2v) is 8.02. The van der Waals surface area contributed by atoms with E-state index in [1.165, 1.54) is 0 Å². The first-order valence-electron chi connectivity index (χ1n) is 6.84. The number of aliphatic hydroxyl groups is 1. The Morgan fingerprint density at radius 3 is 2.75 bits per heavy atom. The van der Waals surface area contributed by atoms with E-state index in [1.54, 1.807) is 19.1 Å². The van der Waals surface area contributed by atoms with Crippen molar-refractivity contribution in [2.45, 2.75) is 43.6 Å². The molecule has 0 bridgehead atoms. The maximum Gasteiger partial charge on any atom is 0.240 e. The van der Waals surface area contributed by atoms with Gasteiger partial charge in [0.25, 0.3) is 0 Å². The molecule has 0 heterocycles. The highest BCUT2D eigenvalue weighted by Gasteiger charge is 2.25. The molecule has 6 heteroatoms. The maximum absolute atomic E-state index is 12.3. The molecule has 112 valence electrons. The van der Waals surface area contributed by atoms with Crippen molar-refractivity contribution in [3.63, 3.8) is 0 Å². The molecule has 1 saturated carbocycles. The first kappa shape index (κ1) is 15.9. The van der Waals surface area contributed by atoms with Crippen LogP contribution in [0.3, 0.4) is 0 Å². The second-order valence-electron chi connectivity index (χ2n) is 5.37. The number of sulfonamides is 1. The number of aryl methyl sites for hydroxylation is 1. The van der Waals surface area contributed by atoms with Gasteiger partial charge in [-0.3, -0.25) is 0 Å². The highest BCUT2D eigenvalue weighted by atomic mass is 79.9. The average Bonchev–Trinajstić information content (AvgIpc) is 2.40. The number of halogens is 1. The van der Waals surface area contributed by atoms with E-state index >= 15 is 0 Å². The lowest BCUT2D eigenvalue weighted by molar-refractivity contribution is 0.0724. The molecular formula is C14H20BrNO3S. The molecule has 2 N–H and O–H groups in total. The van der Waals surface area contributed by atoms with Crippen molar-refractivity contribution in [3.05, 3.63) is 28.2 Å². The van der Waals surface area contributed by atoms with Crippen molar-refractivity contribution in [1.82, 2.24) is 4.72 Å². The molecule has 20 heavy (non-hydrogen) atoms. The Morgan fingerprint density at radius 1 is 1.35 bits per heavy atom. The Kier molecular flexibility index (Phi) is 5.23. The van der Waals surface area contributed by atoms with Gasteiger partial charge in [-0.25, -0.2) is 13.1 Å². The third-order valence-corrected chi connectivity index (χ3v) is 5.90. The minimum Gasteiger partial charge on any atom is -0.393 e. The van der Waals surface area contributed by atoms with Crippen LogP contribution in [0.1, 0.15) is 31.2 Å². The minimum atomic E-state index is -3.53. The zero-order valence-corrected chi connectivity index (χ0v) is 13.9. The van der Waals surface area contributed by atoms with Gasteiger partial charge in [-0.15, -0.1) is 0 Å². The fraction of sp³-hybridized carbons (Fsp3) is 0.571. The Morgan fingerprint density at radius 2 is 2.05 bits per heavy atom. The van der Waals surface area contributed by atoms with Crippen LogP contribution in [0, 0.1) is 12.8 Å². The van der Waals surface area contributed by atoms with Crippen molar-refractivity contribution in [2.24, 2.45) is 5.92 Å². The number of benzene rings is 1. The van der Waals surface area contributed by atoms with E-state index in [4.69, 9.17) is 0 Å². The first-order valence-corrected chi connectivity index (χ1v) is 9.11. The molecule has 0 radical (unpaired) electrons. The fourth-order valence-corrected chi connectivity index (χ4v) is 4.46. The molecule has 0 aromatic heterocycles. The van der Waals surface area contributed by atoms with Crippen LogP contribution in [0.5, 0.6) is 0 Å². The largest absolute Gasteiger partial charge is 0.393 e. The molecule has 4 nitrogen and oxygen atoms in total. The monoisotopic (exact) mass is 361 g/mol. The Balaban J connectivity index is 2.09. The van der Waals surface area contributed by atoms with Gasteiger partial charge in [0, 0.05) is 11.0 Å². The summed E-state index contributed by atoms with van der Waals surface area (Å²) in [5, 5.41) is 9.89. The van der Waals surface area contributed by atoms with Gasteiger partial charge in [0.2, 0.25) is 10.0 Å². The molecule has 1 aromatic rings. The lowest BCUT2D eigenvalue weighted by Crippen LogP contribution is -2.36. The molecule has 2 atom stereocenters. The molecule has 0 spiro atoms. The molecule has 0 saturated heterocycles. The molecule has 1 aromatic carbocycles. The van der Waals surface area contributed by atoms with Crippen LogP contribution < -0.4 is 4.72 Å². The van der Waals surface area contributed by atoms with Crippen LogP contribution >= 0.6 is 15.9 Å². The standard InChI is InChI=1S/C14H20BrNO3S/c1-10-6-7-12(15)8-14(10)20(18,19)16-9-11-4-2-3-5-13(11)17/h6-8,11,13,16-17H,2-5,9H2,1H3. The lowest BCUT2D eigenvalue weighted by Gasteiger charge is -2.27. The summed E-state index contributed by atoms with van der Waals surface area (Å²) in [6.07, 6.45) is 3.33. The summed E-state index contributed by atoms with van der Waals surface area (Å²) in [6, 6.07) is 5.20. The molecule has 1 aliphatic carbocycles. The van der Waals surface area contributed by atoms with E-state index in [9.17, 15) is 13.5 Å². The number of hydrogen-bond acceptors (Lipinski definition) is 3. The fourth-order valence-electron chi connectivity index (χ4n) is 2.58. The molecule has 2 rings (SSSR count). The Labute approximate surface area is 128 Å². The summed E-state index contributed by atoms with van der Waals surface area (Å²) >= 11 is 3.29. The first-order chi connectivity index (χ1) is 9.40. The van der Waals surface area contributed by atoms with Gasteiger partial charge in [0.1, 0.15) is 0 Å². The Hall–Kier alpha value is -0.430.